The number of aromatic nitrogens is 4. The quantitative estimate of drug-likeness (QED) is 0.123. The second kappa shape index (κ2) is 15.0. The predicted molar refractivity (Wildman–Crippen MR) is 246 cm³/mol. The normalized spacial score (nSPS) is 15.6. The number of para-hydroxylation sites is 4. The van der Waals surface area contributed by atoms with E-state index in [0.29, 0.717) is 33.8 Å². The molecule has 0 fully saturated rings. The molecule has 0 spiro atoms. The van der Waals surface area contributed by atoms with Crippen LogP contribution < -0.4 is 14.2 Å². The van der Waals surface area contributed by atoms with Gasteiger partial charge < -0.3 is 18.8 Å². The Morgan fingerprint density at radius 2 is 1.34 bits per heavy atom. The van der Waals surface area contributed by atoms with Gasteiger partial charge in [-0.05, 0) is 82.0 Å². The van der Waals surface area contributed by atoms with Crippen molar-refractivity contribution in [3.05, 3.63) is 194 Å². The molecular formula is C55H43N5OPt-2. The maximum atomic E-state index is 9.06. The van der Waals surface area contributed by atoms with Crippen LogP contribution in [-0.2, 0) is 26.5 Å². The molecule has 3 aromatic heterocycles. The first-order valence-corrected chi connectivity index (χ1v) is 20.0. The van der Waals surface area contributed by atoms with Crippen molar-refractivity contribution in [2.45, 2.75) is 45.8 Å². The fraction of sp³-hybridized carbons (Fsp3) is 0.127. The number of hydrogen-bond acceptors (Lipinski definition) is 3. The molecule has 0 aliphatic carbocycles. The Labute approximate surface area is 390 Å². The number of rotatable bonds is 6. The molecule has 0 unspecified atom stereocenters. The van der Waals surface area contributed by atoms with Crippen LogP contribution in [-0.4, -0.2) is 19.8 Å². The average molecular weight is 995 g/mol. The zero-order chi connectivity index (χ0) is 50.2. The molecule has 0 saturated carbocycles. The molecule has 0 N–H and O–H groups in total. The standard InChI is InChI=1S/C55H43N5O.Pt/c1-54(2,3)39-30-31-56-52(32-39)59-46-27-13-12-24-44(46)45-34-51-50(35-49(45)59)60(55(4,5)61-51)41-23-16-22-40(33-41)57-36-58(48-29-15-14-28-47(48)57)53-42(37-18-8-6-9-19-37)25-17-26-43(53)38-20-10-7-11-21-38;/h6-32,34H,1-5H3;/q-2;/i6D,7D,8D,9D,10D,11D,18D,19D,20D,21D;. The van der Waals surface area contributed by atoms with E-state index in [9.17, 15) is 0 Å². The van der Waals surface area contributed by atoms with Gasteiger partial charge in [0.2, 0.25) is 0 Å². The number of nitrogens with zero attached hydrogens (tertiary/aromatic N) is 5. The van der Waals surface area contributed by atoms with Crippen molar-refractivity contribution in [2.24, 2.45) is 0 Å². The fourth-order valence-corrected chi connectivity index (χ4v) is 8.46. The second-order valence-electron chi connectivity index (χ2n) is 16.5. The van der Waals surface area contributed by atoms with E-state index < -0.39 is 66.1 Å². The van der Waals surface area contributed by atoms with E-state index in [0.717, 1.165) is 33.2 Å². The molecule has 11 rings (SSSR count). The minimum absolute atomic E-state index is 0. The summed E-state index contributed by atoms with van der Waals surface area (Å²) in [6.45, 7) is 10.5. The SMILES string of the molecule is [2H]c1c([2H])c([2H])c(-c2cccc(-c3c([2H])c([2H])c([2H])c([2H])c3[2H])c2-[n+]2[c-]n(-c3[c-]c(N4c5[c-]c6c(cc5OC4(C)C)c4ccccc4n6-c4cc(C(C)(C)C)ccn4)ccc3)c3ccccc32)c([2H])c1[2H].[Pt]. The molecule has 1 aliphatic rings. The molecule has 0 bridgehead atoms. The molecule has 7 heteroatoms. The summed E-state index contributed by atoms with van der Waals surface area (Å²) >= 11 is 0. The maximum absolute atomic E-state index is 9.06. The molecule has 306 valence electrons. The Hall–Kier alpha value is -6.75. The first kappa shape index (κ1) is 29.5. The first-order valence-electron chi connectivity index (χ1n) is 25.0. The van der Waals surface area contributed by atoms with E-state index in [2.05, 4.69) is 73.0 Å². The maximum Gasteiger partial charge on any atom is 0.268 e. The smallest absolute Gasteiger partial charge is 0.268 e. The van der Waals surface area contributed by atoms with Gasteiger partial charge in [-0.15, -0.1) is 18.2 Å². The Morgan fingerprint density at radius 1 is 0.694 bits per heavy atom. The zero-order valence-corrected chi connectivity index (χ0v) is 36.6. The van der Waals surface area contributed by atoms with Gasteiger partial charge in [-0.1, -0.05) is 158 Å². The third-order valence-corrected chi connectivity index (χ3v) is 11.2. The summed E-state index contributed by atoms with van der Waals surface area (Å²) < 4.78 is 99.7. The molecule has 0 radical (unpaired) electrons. The first-order chi connectivity index (χ1) is 33.8. The molecule has 0 amide bonds. The van der Waals surface area contributed by atoms with E-state index in [4.69, 9.17) is 23.4 Å². The summed E-state index contributed by atoms with van der Waals surface area (Å²) in [6, 6.07) is 34.5. The van der Waals surface area contributed by atoms with Crippen molar-refractivity contribution < 1.29 is 44.1 Å². The third kappa shape index (κ3) is 6.44. The van der Waals surface area contributed by atoms with Gasteiger partial charge in [0.25, 0.3) is 6.33 Å². The summed E-state index contributed by atoms with van der Waals surface area (Å²) in [4.78, 5) is 6.92. The van der Waals surface area contributed by atoms with E-state index in [1.54, 1.807) is 27.3 Å². The summed E-state index contributed by atoms with van der Waals surface area (Å²) in [6.07, 6.45) is 5.31. The van der Waals surface area contributed by atoms with Gasteiger partial charge in [-0.25, -0.2) is 4.98 Å². The average Bonchev–Trinajstić information content (AvgIpc) is 3.98. The van der Waals surface area contributed by atoms with Crippen LogP contribution in [0.15, 0.2) is 170 Å². The van der Waals surface area contributed by atoms with Crippen molar-refractivity contribution in [1.29, 1.82) is 0 Å². The van der Waals surface area contributed by atoms with E-state index in [1.807, 2.05) is 80.7 Å². The number of hydrogen-bond donors (Lipinski definition) is 0. The number of fused-ring (bicyclic) bond motifs is 5. The minimum Gasteiger partial charge on any atom is -0.527 e. The summed E-state index contributed by atoms with van der Waals surface area (Å²) in [5.41, 5.74) is 5.19. The van der Waals surface area contributed by atoms with Crippen molar-refractivity contribution in [2.75, 3.05) is 4.90 Å². The van der Waals surface area contributed by atoms with Crippen LogP contribution in [0.4, 0.5) is 11.4 Å². The molecule has 10 aromatic rings. The summed E-state index contributed by atoms with van der Waals surface area (Å²) in [5.74, 6) is 1.41. The fourth-order valence-electron chi connectivity index (χ4n) is 8.46. The Bertz CT molecular complexity index is 3770. The molecule has 6 nitrogen and oxygen atoms in total. The van der Waals surface area contributed by atoms with Crippen LogP contribution in [0.3, 0.4) is 0 Å². The molecular weight excluding hydrogens is 942 g/mol. The molecule has 0 atom stereocenters. The van der Waals surface area contributed by atoms with Crippen LogP contribution in [0, 0.1) is 18.5 Å². The Kier molecular flexibility index (Phi) is 7.14. The van der Waals surface area contributed by atoms with E-state index in [-0.39, 0.29) is 54.4 Å². The Balaban J connectivity index is 0.00000596. The molecule has 7 aromatic carbocycles. The molecule has 62 heavy (non-hydrogen) atoms. The number of imidazole rings is 1. The van der Waals surface area contributed by atoms with Crippen LogP contribution in [0.5, 0.6) is 5.75 Å². The monoisotopic (exact) mass is 994 g/mol. The van der Waals surface area contributed by atoms with Gasteiger partial charge in [0.05, 0.1) is 30.4 Å². The van der Waals surface area contributed by atoms with Gasteiger partial charge in [0, 0.05) is 38.5 Å². The molecule has 1 aliphatic heterocycles. The van der Waals surface area contributed by atoms with E-state index in [1.165, 1.54) is 0 Å². The number of ether oxygens (including phenoxy) is 1. The number of anilines is 2. The topological polar surface area (TPSA) is 39.1 Å². The summed E-state index contributed by atoms with van der Waals surface area (Å²) in [7, 11) is 0. The van der Waals surface area contributed by atoms with Crippen molar-refractivity contribution in [1.82, 2.24) is 14.1 Å². The van der Waals surface area contributed by atoms with Gasteiger partial charge in [-0.2, -0.15) is 18.2 Å². The second-order valence-corrected chi connectivity index (χ2v) is 16.5. The van der Waals surface area contributed by atoms with Gasteiger partial charge in [-0.3, -0.25) is 4.57 Å². The van der Waals surface area contributed by atoms with Crippen LogP contribution in [0.1, 0.15) is 53.9 Å². The van der Waals surface area contributed by atoms with Gasteiger partial charge in [0.1, 0.15) is 5.82 Å². The van der Waals surface area contributed by atoms with Crippen LogP contribution >= 0.6 is 0 Å². The molecule has 0 saturated heterocycles. The Morgan fingerprint density at radius 3 is 2.05 bits per heavy atom. The number of benzene rings is 7. The largest absolute Gasteiger partial charge is 0.527 e. The third-order valence-electron chi connectivity index (χ3n) is 11.2. The van der Waals surface area contributed by atoms with Gasteiger partial charge >= 0.3 is 0 Å². The molecule has 4 heterocycles. The van der Waals surface area contributed by atoms with E-state index >= 15 is 0 Å². The predicted octanol–water partition coefficient (Wildman–Crippen LogP) is 12.7. The van der Waals surface area contributed by atoms with Crippen LogP contribution in [0.25, 0.3) is 72.3 Å². The van der Waals surface area contributed by atoms with Crippen LogP contribution in [0.2, 0.25) is 0 Å². The van der Waals surface area contributed by atoms with Crippen molar-refractivity contribution >= 4 is 44.2 Å². The van der Waals surface area contributed by atoms with Crippen molar-refractivity contribution in [3.63, 3.8) is 0 Å². The zero-order valence-electron chi connectivity index (χ0n) is 44.4. The summed E-state index contributed by atoms with van der Waals surface area (Å²) in [5, 5.41) is 1.99. The van der Waals surface area contributed by atoms with Gasteiger partial charge in [0.15, 0.2) is 5.72 Å². The minimum atomic E-state index is -0.915. The number of pyridine rings is 1. The van der Waals surface area contributed by atoms with Crippen molar-refractivity contribution in [3.8, 4) is 45.2 Å².